The summed E-state index contributed by atoms with van der Waals surface area (Å²) in [6.45, 7) is 1.69. The highest BCUT2D eigenvalue weighted by molar-refractivity contribution is 7.92. The summed E-state index contributed by atoms with van der Waals surface area (Å²) in [5.41, 5.74) is 0.405. The summed E-state index contributed by atoms with van der Waals surface area (Å²) in [4.78, 5) is 12.4. The number of sulfonamides is 1. The molecule has 30 heavy (non-hydrogen) atoms. The van der Waals surface area contributed by atoms with Crippen LogP contribution < -0.4 is 19.5 Å². The Labute approximate surface area is 177 Å². The van der Waals surface area contributed by atoms with Gasteiger partial charge in [0.1, 0.15) is 11.5 Å². The maximum atomic E-state index is 12.6. The summed E-state index contributed by atoms with van der Waals surface area (Å²) < 4.78 is 38.5. The molecule has 0 unspecified atom stereocenters. The Morgan fingerprint density at radius 1 is 1.03 bits per heavy atom. The highest BCUT2D eigenvalue weighted by Gasteiger charge is 2.21. The van der Waals surface area contributed by atoms with Gasteiger partial charge in [-0.15, -0.1) is 0 Å². The average Bonchev–Trinajstić information content (AvgIpc) is 2.74. The van der Waals surface area contributed by atoms with Crippen molar-refractivity contribution in [2.75, 3.05) is 11.8 Å². The van der Waals surface area contributed by atoms with E-state index < -0.39 is 16.1 Å². The Bertz CT molecular complexity index is 954. The predicted molar refractivity (Wildman–Crippen MR) is 115 cm³/mol. The average molecular weight is 433 g/mol. The lowest BCUT2D eigenvalue weighted by atomic mass is 9.95. The Hall–Kier alpha value is -2.74. The third kappa shape index (κ3) is 5.89. The van der Waals surface area contributed by atoms with Crippen molar-refractivity contribution >= 4 is 21.6 Å². The van der Waals surface area contributed by atoms with Crippen LogP contribution in [0.1, 0.15) is 39.0 Å². The molecule has 1 aliphatic rings. The molecule has 2 aromatic rings. The maximum Gasteiger partial charge on any atom is 0.261 e. The smallest absolute Gasteiger partial charge is 0.261 e. The molecule has 162 valence electrons. The van der Waals surface area contributed by atoms with E-state index in [1.807, 2.05) is 0 Å². The number of hydrogen-bond donors (Lipinski definition) is 2. The lowest BCUT2D eigenvalue weighted by Gasteiger charge is -2.24. The molecule has 0 bridgehead atoms. The summed E-state index contributed by atoms with van der Waals surface area (Å²) in [6.07, 6.45) is 4.85. The van der Waals surface area contributed by atoms with Crippen LogP contribution >= 0.6 is 0 Å². The standard InChI is InChI=1S/C22H28N2O5S/c1-16(22(25)23-17-7-4-3-5-8-17)29-19-11-13-21(14-12-19)30(26,27)24-18-9-6-10-20(15-18)28-2/h6,9-17,24H,3-5,7-8H2,1-2H3,(H,23,25)/t16-/m0/s1. The van der Waals surface area contributed by atoms with Gasteiger partial charge < -0.3 is 14.8 Å². The molecule has 1 amide bonds. The van der Waals surface area contributed by atoms with Gasteiger partial charge in [-0.2, -0.15) is 0 Å². The van der Waals surface area contributed by atoms with Crippen molar-refractivity contribution in [1.82, 2.24) is 5.32 Å². The van der Waals surface area contributed by atoms with Crippen molar-refractivity contribution in [3.63, 3.8) is 0 Å². The Morgan fingerprint density at radius 2 is 1.73 bits per heavy atom. The van der Waals surface area contributed by atoms with E-state index in [4.69, 9.17) is 9.47 Å². The van der Waals surface area contributed by atoms with E-state index in [9.17, 15) is 13.2 Å². The first-order valence-electron chi connectivity index (χ1n) is 10.1. The Balaban J connectivity index is 1.59. The maximum absolute atomic E-state index is 12.6. The van der Waals surface area contributed by atoms with Crippen LogP contribution in [-0.2, 0) is 14.8 Å². The number of anilines is 1. The summed E-state index contributed by atoms with van der Waals surface area (Å²) in [7, 11) is -2.24. The summed E-state index contributed by atoms with van der Waals surface area (Å²) in [5.74, 6) is 0.833. The second-order valence-corrected chi connectivity index (χ2v) is 9.09. The van der Waals surface area contributed by atoms with Crippen LogP contribution in [0.25, 0.3) is 0 Å². The molecular formula is C22H28N2O5S. The third-order valence-corrected chi connectivity index (χ3v) is 6.49. The molecule has 2 aromatic carbocycles. The third-order valence-electron chi connectivity index (χ3n) is 5.09. The van der Waals surface area contributed by atoms with Gasteiger partial charge in [-0.05, 0) is 56.2 Å². The molecule has 3 rings (SSSR count). The van der Waals surface area contributed by atoms with E-state index in [1.54, 1.807) is 43.3 Å². The molecule has 0 heterocycles. The van der Waals surface area contributed by atoms with E-state index in [1.165, 1.54) is 25.7 Å². The van der Waals surface area contributed by atoms with Crippen LogP contribution in [0.2, 0.25) is 0 Å². The van der Waals surface area contributed by atoms with Gasteiger partial charge in [-0.3, -0.25) is 9.52 Å². The van der Waals surface area contributed by atoms with E-state index in [2.05, 4.69) is 10.0 Å². The highest BCUT2D eigenvalue weighted by atomic mass is 32.2. The molecule has 0 saturated heterocycles. The van der Waals surface area contributed by atoms with Crippen molar-refractivity contribution in [2.24, 2.45) is 0 Å². The summed E-state index contributed by atoms with van der Waals surface area (Å²) in [5, 5.41) is 3.03. The first-order valence-corrected chi connectivity index (χ1v) is 11.6. The topological polar surface area (TPSA) is 93.7 Å². The zero-order chi connectivity index (χ0) is 21.6. The number of carbonyl (C=O) groups is 1. The van der Waals surface area contributed by atoms with Crippen molar-refractivity contribution in [2.45, 2.75) is 56.1 Å². The molecular weight excluding hydrogens is 404 g/mol. The van der Waals surface area contributed by atoms with Crippen molar-refractivity contribution in [1.29, 1.82) is 0 Å². The Kier molecular flexibility index (Phi) is 7.20. The van der Waals surface area contributed by atoms with Crippen molar-refractivity contribution in [3.8, 4) is 11.5 Å². The number of rotatable bonds is 8. The zero-order valence-electron chi connectivity index (χ0n) is 17.3. The van der Waals surface area contributed by atoms with Gasteiger partial charge in [0.2, 0.25) is 0 Å². The molecule has 1 saturated carbocycles. The number of benzene rings is 2. The first kappa shape index (κ1) is 22.0. The minimum atomic E-state index is -3.76. The fourth-order valence-electron chi connectivity index (χ4n) is 3.42. The van der Waals surface area contributed by atoms with E-state index in [0.717, 1.165) is 25.7 Å². The molecule has 8 heteroatoms. The summed E-state index contributed by atoms with van der Waals surface area (Å²) >= 11 is 0. The number of methoxy groups -OCH3 is 1. The largest absolute Gasteiger partial charge is 0.497 e. The normalized spacial score (nSPS) is 15.8. The minimum Gasteiger partial charge on any atom is -0.497 e. The SMILES string of the molecule is COc1cccc(NS(=O)(=O)c2ccc(O[C@@H](C)C(=O)NC3CCCCC3)cc2)c1. The number of amides is 1. The first-order chi connectivity index (χ1) is 14.4. The number of carbonyl (C=O) groups excluding carboxylic acids is 1. The zero-order valence-corrected chi connectivity index (χ0v) is 18.1. The second kappa shape index (κ2) is 9.84. The minimum absolute atomic E-state index is 0.0944. The fourth-order valence-corrected chi connectivity index (χ4v) is 4.47. The number of hydrogen-bond acceptors (Lipinski definition) is 5. The molecule has 7 nitrogen and oxygen atoms in total. The van der Waals surface area contributed by atoms with Gasteiger partial charge >= 0.3 is 0 Å². The van der Waals surface area contributed by atoms with Gasteiger partial charge in [-0.1, -0.05) is 25.3 Å². The van der Waals surface area contributed by atoms with Crippen LogP contribution in [0.15, 0.2) is 53.4 Å². The molecule has 1 fully saturated rings. The molecule has 2 N–H and O–H groups in total. The molecule has 1 aliphatic carbocycles. The van der Waals surface area contributed by atoms with Gasteiger partial charge in [0.05, 0.1) is 17.7 Å². The fraction of sp³-hybridized carbons (Fsp3) is 0.409. The molecule has 0 aromatic heterocycles. The lowest BCUT2D eigenvalue weighted by Crippen LogP contribution is -2.43. The van der Waals surface area contributed by atoms with E-state index in [0.29, 0.717) is 17.2 Å². The molecule has 0 aliphatic heterocycles. The van der Waals surface area contributed by atoms with Crippen LogP contribution in [0.3, 0.4) is 0 Å². The summed E-state index contributed by atoms with van der Waals surface area (Å²) in [6, 6.07) is 12.9. The predicted octanol–water partition coefficient (Wildman–Crippen LogP) is 3.71. The highest BCUT2D eigenvalue weighted by Crippen LogP contribution is 2.23. The Morgan fingerprint density at radius 3 is 2.40 bits per heavy atom. The van der Waals surface area contributed by atoms with Crippen LogP contribution in [0.4, 0.5) is 5.69 Å². The van der Waals surface area contributed by atoms with Crippen LogP contribution in [0, 0.1) is 0 Å². The van der Waals surface area contributed by atoms with E-state index >= 15 is 0 Å². The van der Waals surface area contributed by atoms with Crippen LogP contribution in [0.5, 0.6) is 11.5 Å². The van der Waals surface area contributed by atoms with Gasteiger partial charge in [0.15, 0.2) is 6.10 Å². The lowest BCUT2D eigenvalue weighted by molar-refractivity contribution is -0.128. The second-order valence-electron chi connectivity index (χ2n) is 7.41. The van der Waals surface area contributed by atoms with Crippen molar-refractivity contribution in [3.05, 3.63) is 48.5 Å². The van der Waals surface area contributed by atoms with Crippen LogP contribution in [-0.4, -0.2) is 33.6 Å². The van der Waals surface area contributed by atoms with Gasteiger partial charge in [0.25, 0.3) is 15.9 Å². The molecule has 1 atom stereocenters. The van der Waals surface area contributed by atoms with Crippen molar-refractivity contribution < 1.29 is 22.7 Å². The number of nitrogens with one attached hydrogen (secondary N) is 2. The quantitative estimate of drug-likeness (QED) is 0.663. The van der Waals surface area contributed by atoms with Gasteiger partial charge in [-0.25, -0.2) is 8.42 Å². The molecule has 0 spiro atoms. The van der Waals surface area contributed by atoms with Gasteiger partial charge in [0, 0.05) is 12.1 Å². The molecule has 0 radical (unpaired) electrons. The van der Waals surface area contributed by atoms with E-state index in [-0.39, 0.29) is 16.8 Å². The number of ether oxygens (including phenoxy) is 2. The monoisotopic (exact) mass is 432 g/mol.